The highest BCUT2D eigenvalue weighted by molar-refractivity contribution is 5.68. The molecule has 0 bridgehead atoms. The quantitative estimate of drug-likeness (QED) is 0.366. The average molecular weight is 400 g/mol. The van der Waals surface area contributed by atoms with E-state index in [1.807, 2.05) is 20.8 Å². The lowest BCUT2D eigenvalue weighted by Crippen LogP contribution is -2.46. The summed E-state index contributed by atoms with van der Waals surface area (Å²) >= 11 is 0. The van der Waals surface area contributed by atoms with Crippen molar-refractivity contribution in [3.8, 4) is 0 Å². The van der Waals surface area contributed by atoms with E-state index in [1.165, 1.54) is 70.6 Å². The van der Waals surface area contributed by atoms with Gasteiger partial charge in [-0.25, -0.2) is 4.79 Å². The predicted octanol–water partition coefficient (Wildman–Crippen LogP) is 5.73. The van der Waals surface area contributed by atoms with Gasteiger partial charge in [-0.05, 0) is 27.2 Å². The van der Waals surface area contributed by atoms with Gasteiger partial charge in [0, 0.05) is 0 Å². The second-order valence-corrected chi connectivity index (χ2v) is 9.29. The van der Waals surface area contributed by atoms with E-state index in [0.29, 0.717) is 6.61 Å². The molecular weight excluding hydrogens is 354 g/mol. The van der Waals surface area contributed by atoms with Crippen LogP contribution in [-0.2, 0) is 9.47 Å². The summed E-state index contributed by atoms with van der Waals surface area (Å²) in [6.07, 6.45) is 15.4. The Hall–Kier alpha value is -0.810. The maximum atomic E-state index is 11.8. The Morgan fingerprint density at radius 1 is 0.964 bits per heavy atom. The molecule has 1 rings (SSSR count). The molecular formula is C23H45NO4. The number of carbonyl (C=O) groups excluding carboxylic acids is 1. The molecule has 2 N–H and O–H groups in total. The molecule has 166 valence electrons. The zero-order valence-corrected chi connectivity index (χ0v) is 18.8. The van der Waals surface area contributed by atoms with E-state index in [-0.39, 0.29) is 12.1 Å². The van der Waals surface area contributed by atoms with Crippen molar-refractivity contribution in [2.45, 2.75) is 135 Å². The molecule has 0 radical (unpaired) electrons. The van der Waals surface area contributed by atoms with E-state index in [4.69, 9.17) is 9.47 Å². The van der Waals surface area contributed by atoms with Crippen LogP contribution < -0.4 is 5.32 Å². The van der Waals surface area contributed by atoms with Crippen molar-refractivity contribution in [2.75, 3.05) is 6.61 Å². The van der Waals surface area contributed by atoms with Crippen LogP contribution in [0, 0.1) is 0 Å². The number of hydrogen-bond acceptors (Lipinski definition) is 4. The molecule has 0 unspecified atom stereocenters. The van der Waals surface area contributed by atoms with Gasteiger partial charge in [0.2, 0.25) is 0 Å². The monoisotopic (exact) mass is 399 g/mol. The van der Waals surface area contributed by atoms with Crippen LogP contribution in [0.5, 0.6) is 0 Å². The van der Waals surface area contributed by atoms with E-state index in [2.05, 4.69) is 12.2 Å². The smallest absolute Gasteiger partial charge is 0.408 e. The lowest BCUT2D eigenvalue weighted by atomic mass is 10.0. The van der Waals surface area contributed by atoms with Gasteiger partial charge < -0.3 is 19.9 Å². The summed E-state index contributed by atoms with van der Waals surface area (Å²) in [6, 6.07) is -0.378. The number of aliphatic hydroxyl groups is 1. The molecule has 0 aliphatic carbocycles. The molecule has 1 aliphatic heterocycles. The van der Waals surface area contributed by atoms with E-state index in [1.54, 1.807) is 0 Å². The fraction of sp³-hybridized carbons (Fsp3) is 0.957. The first-order valence-corrected chi connectivity index (χ1v) is 11.6. The first-order valence-electron chi connectivity index (χ1n) is 11.6. The Labute approximate surface area is 172 Å². The van der Waals surface area contributed by atoms with Crippen LogP contribution in [0.25, 0.3) is 0 Å². The van der Waals surface area contributed by atoms with Crippen molar-refractivity contribution < 1.29 is 19.4 Å². The minimum absolute atomic E-state index is 0.178. The molecule has 1 saturated heterocycles. The molecule has 0 aromatic heterocycles. The Morgan fingerprint density at radius 3 is 1.96 bits per heavy atom. The van der Waals surface area contributed by atoms with Gasteiger partial charge in [0.05, 0.1) is 18.8 Å². The Bertz CT molecular complexity index is 408. The molecule has 28 heavy (non-hydrogen) atoms. The molecule has 5 nitrogen and oxygen atoms in total. The number of ether oxygens (including phenoxy) is 2. The third-order valence-electron chi connectivity index (χ3n) is 5.33. The van der Waals surface area contributed by atoms with Crippen LogP contribution in [0.3, 0.4) is 0 Å². The number of alkyl carbamates (subject to hydrolysis) is 1. The van der Waals surface area contributed by atoms with Crippen LogP contribution >= 0.6 is 0 Å². The molecule has 5 heteroatoms. The molecule has 3 atom stereocenters. The van der Waals surface area contributed by atoms with E-state index < -0.39 is 17.8 Å². The summed E-state index contributed by atoms with van der Waals surface area (Å²) in [4.78, 5) is 11.8. The van der Waals surface area contributed by atoms with Crippen molar-refractivity contribution in [3.63, 3.8) is 0 Å². The minimum atomic E-state index is -0.653. The first kappa shape index (κ1) is 25.2. The Morgan fingerprint density at radius 2 is 1.46 bits per heavy atom. The van der Waals surface area contributed by atoms with Crippen LogP contribution in [0.1, 0.15) is 111 Å². The third-order valence-corrected chi connectivity index (χ3v) is 5.33. The topological polar surface area (TPSA) is 67.8 Å². The number of nitrogens with one attached hydrogen (secondary N) is 1. The standard InChI is InChI=1S/C23H45NO4/c1-5-6-7-8-9-10-11-12-13-14-15-16-17-20-21(25)19(18-27-20)24-22(26)28-23(2,3)4/h19-21,25H,5-18H2,1-4H3,(H,24,26)/t19-,20+,21+/m1/s1. The van der Waals surface area contributed by atoms with E-state index in [0.717, 1.165) is 12.8 Å². The van der Waals surface area contributed by atoms with Crippen molar-refractivity contribution in [1.29, 1.82) is 0 Å². The Kier molecular flexibility index (Phi) is 12.8. The zero-order valence-electron chi connectivity index (χ0n) is 18.8. The number of hydrogen-bond donors (Lipinski definition) is 2. The fourth-order valence-corrected chi connectivity index (χ4v) is 3.71. The number of amides is 1. The highest BCUT2D eigenvalue weighted by Crippen LogP contribution is 2.21. The molecule has 1 amide bonds. The van der Waals surface area contributed by atoms with Gasteiger partial charge in [-0.15, -0.1) is 0 Å². The summed E-state index contributed by atoms with van der Waals surface area (Å²) in [5.74, 6) is 0. The van der Waals surface area contributed by atoms with Crippen molar-refractivity contribution in [3.05, 3.63) is 0 Å². The summed E-state index contributed by atoms with van der Waals surface area (Å²) in [7, 11) is 0. The van der Waals surface area contributed by atoms with Gasteiger partial charge in [-0.2, -0.15) is 0 Å². The molecule has 0 spiro atoms. The molecule has 1 fully saturated rings. The number of carbonyl (C=O) groups is 1. The van der Waals surface area contributed by atoms with E-state index in [9.17, 15) is 9.90 Å². The molecule has 0 saturated carbocycles. The van der Waals surface area contributed by atoms with Gasteiger partial charge in [0.25, 0.3) is 0 Å². The minimum Gasteiger partial charge on any atom is -0.444 e. The largest absolute Gasteiger partial charge is 0.444 e. The summed E-state index contributed by atoms with van der Waals surface area (Å²) < 4.78 is 10.9. The lowest BCUT2D eigenvalue weighted by molar-refractivity contribution is 0.0304. The van der Waals surface area contributed by atoms with Crippen LogP contribution in [0.15, 0.2) is 0 Å². The summed E-state index contributed by atoms with van der Waals surface area (Å²) in [5, 5.41) is 13.1. The van der Waals surface area contributed by atoms with Gasteiger partial charge >= 0.3 is 6.09 Å². The normalized spacial score (nSPS) is 22.4. The molecule has 0 aromatic rings. The van der Waals surface area contributed by atoms with Crippen molar-refractivity contribution >= 4 is 6.09 Å². The summed E-state index contributed by atoms with van der Waals surface area (Å²) in [5.41, 5.74) is -0.539. The van der Waals surface area contributed by atoms with Gasteiger partial charge in [-0.1, -0.05) is 84.0 Å². The molecule has 1 aliphatic rings. The van der Waals surface area contributed by atoms with Crippen LogP contribution in [0.2, 0.25) is 0 Å². The number of unbranched alkanes of at least 4 members (excludes halogenated alkanes) is 11. The SMILES string of the molecule is CCCCCCCCCCCCCC[C@@H]1OC[C@@H](NC(=O)OC(C)(C)C)[C@@H]1O. The third kappa shape index (κ3) is 11.9. The van der Waals surface area contributed by atoms with Crippen LogP contribution in [0.4, 0.5) is 4.79 Å². The van der Waals surface area contributed by atoms with Gasteiger partial charge in [0.15, 0.2) is 0 Å². The van der Waals surface area contributed by atoms with Gasteiger partial charge in [0.1, 0.15) is 11.7 Å². The zero-order chi connectivity index (χ0) is 20.8. The number of aliphatic hydroxyl groups excluding tert-OH is 1. The maximum Gasteiger partial charge on any atom is 0.408 e. The predicted molar refractivity (Wildman–Crippen MR) is 115 cm³/mol. The highest BCUT2D eigenvalue weighted by atomic mass is 16.6. The molecule has 0 aromatic carbocycles. The average Bonchev–Trinajstić information content (AvgIpc) is 2.94. The first-order chi connectivity index (χ1) is 13.3. The van der Waals surface area contributed by atoms with Crippen molar-refractivity contribution in [2.24, 2.45) is 0 Å². The summed E-state index contributed by atoms with van der Waals surface area (Å²) in [6.45, 7) is 8.09. The molecule has 1 heterocycles. The fourth-order valence-electron chi connectivity index (χ4n) is 3.71. The second-order valence-electron chi connectivity index (χ2n) is 9.29. The van der Waals surface area contributed by atoms with E-state index >= 15 is 0 Å². The highest BCUT2D eigenvalue weighted by Gasteiger charge is 2.37. The second kappa shape index (κ2) is 14.2. The number of rotatable bonds is 14. The van der Waals surface area contributed by atoms with Crippen LogP contribution in [-0.4, -0.2) is 41.7 Å². The van der Waals surface area contributed by atoms with Gasteiger partial charge in [-0.3, -0.25) is 0 Å². The van der Waals surface area contributed by atoms with Crippen molar-refractivity contribution in [1.82, 2.24) is 5.32 Å². The lowest BCUT2D eigenvalue weighted by Gasteiger charge is -2.23. The Balaban J connectivity index is 1.99. The maximum absolute atomic E-state index is 11.8.